The Morgan fingerprint density at radius 1 is 1.30 bits per heavy atom. The number of imidazole rings is 1. The van der Waals surface area contributed by atoms with E-state index in [9.17, 15) is 9.18 Å². The smallest absolute Gasteiger partial charge is 0.227 e. The lowest BCUT2D eigenvalue weighted by Crippen LogP contribution is -2.32. The van der Waals surface area contributed by atoms with Gasteiger partial charge in [-0.25, -0.2) is 19.3 Å². The van der Waals surface area contributed by atoms with Crippen molar-refractivity contribution < 1.29 is 9.18 Å². The maximum Gasteiger partial charge on any atom is 0.227 e. The molecule has 1 aromatic carbocycles. The van der Waals surface area contributed by atoms with Crippen molar-refractivity contribution in [1.29, 1.82) is 0 Å². The molecule has 0 spiro atoms. The lowest BCUT2D eigenvalue weighted by atomic mass is 10.1. The molecule has 1 aliphatic rings. The number of aromatic nitrogens is 4. The normalized spacial score (nSPS) is 16.7. The SMILES string of the molecule is Cc1cc(-c2ncc[nH]2)nc([C@@H]2CCCN2C(=O)Cc2ccc(F)cc2)n1. The average Bonchev–Trinajstić information content (AvgIpc) is 3.35. The summed E-state index contributed by atoms with van der Waals surface area (Å²) in [6, 6.07) is 7.79. The quantitative estimate of drug-likeness (QED) is 0.770. The molecule has 6 nitrogen and oxygen atoms in total. The van der Waals surface area contributed by atoms with Crippen LogP contribution in [-0.2, 0) is 11.2 Å². The van der Waals surface area contributed by atoms with E-state index in [0.717, 1.165) is 29.8 Å². The van der Waals surface area contributed by atoms with Crippen molar-refractivity contribution in [1.82, 2.24) is 24.8 Å². The highest BCUT2D eigenvalue weighted by molar-refractivity contribution is 5.79. The Morgan fingerprint density at radius 3 is 2.85 bits per heavy atom. The predicted octanol–water partition coefficient (Wildman–Crippen LogP) is 3.22. The zero-order valence-corrected chi connectivity index (χ0v) is 15.0. The maximum atomic E-state index is 13.1. The van der Waals surface area contributed by atoms with Crippen molar-refractivity contribution in [2.24, 2.45) is 0 Å². The second-order valence-corrected chi connectivity index (χ2v) is 6.74. The number of amides is 1. The van der Waals surface area contributed by atoms with Gasteiger partial charge in [0.1, 0.15) is 11.5 Å². The van der Waals surface area contributed by atoms with Crippen LogP contribution in [0.4, 0.5) is 4.39 Å². The van der Waals surface area contributed by atoms with E-state index in [-0.39, 0.29) is 24.2 Å². The molecule has 2 aromatic heterocycles. The van der Waals surface area contributed by atoms with Gasteiger partial charge in [0.25, 0.3) is 0 Å². The van der Waals surface area contributed by atoms with E-state index in [1.807, 2.05) is 17.9 Å². The summed E-state index contributed by atoms with van der Waals surface area (Å²) in [5.74, 6) is 1.04. The fourth-order valence-electron chi connectivity index (χ4n) is 3.48. The molecule has 1 N–H and O–H groups in total. The molecule has 0 bridgehead atoms. The number of carbonyl (C=O) groups is 1. The van der Waals surface area contributed by atoms with Crippen molar-refractivity contribution >= 4 is 5.91 Å². The minimum Gasteiger partial charge on any atom is -0.343 e. The average molecular weight is 365 g/mol. The maximum absolute atomic E-state index is 13.1. The molecule has 1 aliphatic heterocycles. The molecule has 27 heavy (non-hydrogen) atoms. The van der Waals surface area contributed by atoms with Crippen molar-refractivity contribution in [2.45, 2.75) is 32.2 Å². The van der Waals surface area contributed by atoms with Gasteiger partial charge in [-0.2, -0.15) is 0 Å². The monoisotopic (exact) mass is 365 g/mol. The van der Waals surface area contributed by atoms with Crippen LogP contribution in [0.25, 0.3) is 11.5 Å². The van der Waals surface area contributed by atoms with Gasteiger partial charge in [-0.1, -0.05) is 12.1 Å². The van der Waals surface area contributed by atoms with Crippen molar-refractivity contribution in [3.63, 3.8) is 0 Å². The molecule has 1 saturated heterocycles. The highest BCUT2D eigenvalue weighted by Gasteiger charge is 2.32. The molecule has 0 aliphatic carbocycles. The minimum absolute atomic E-state index is 0.00811. The van der Waals surface area contributed by atoms with E-state index in [0.29, 0.717) is 18.2 Å². The molecule has 138 valence electrons. The second-order valence-electron chi connectivity index (χ2n) is 6.74. The number of H-pyrrole nitrogens is 1. The highest BCUT2D eigenvalue weighted by Crippen LogP contribution is 2.31. The summed E-state index contributed by atoms with van der Waals surface area (Å²) >= 11 is 0. The number of nitrogens with zero attached hydrogens (tertiary/aromatic N) is 4. The van der Waals surface area contributed by atoms with Crippen LogP contribution in [0.5, 0.6) is 0 Å². The first-order valence-electron chi connectivity index (χ1n) is 8.99. The predicted molar refractivity (Wildman–Crippen MR) is 98.1 cm³/mol. The van der Waals surface area contributed by atoms with Crippen LogP contribution in [0.2, 0.25) is 0 Å². The van der Waals surface area contributed by atoms with Crippen LogP contribution in [-0.4, -0.2) is 37.3 Å². The Morgan fingerprint density at radius 2 is 2.11 bits per heavy atom. The fraction of sp³-hybridized carbons (Fsp3) is 0.300. The highest BCUT2D eigenvalue weighted by atomic mass is 19.1. The number of halogens is 1. The molecule has 4 rings (SSSR count). The van der Waals surface area contributed by atoms with E-state index in [1.54, 1.807) is 24.5 Å². The third-order valence-electron chi connectivity index (χ3n) is 4.75. The number of hydrogen-bond donors (Lipinski definition) is 1. The van der Waals surface area contributed by atoms with Gasteiger partial charge < -0.3 is 9.88 Å². The Bertz CT molecular complexity index is 940. The molecule has 0 unspecified atom stereocenters. The lowest BCUT2D eigenvalue weighted by Gasteiger charge is -2.24. The summed E-state index contributed by atoms with van der Waals surface area (Å²) in [5.41, 5.74) is 2.36. The van der Waals surface area contributed by atoms with Gasteiger partial charge in [-0.05, 0) is 43.5 Å². The summed E-state index contributed by atoms with van der Waals surface area (Å²) in [4.78, 5) is 31.2. The first kappa shape index (κ1) is 17.3. The second kappa shape index (κ2) is 7.26. The Hall–Kier alpha value is -3.09. The van der Waals surface area contributed by atoms with E-state index in [1.165, 1.54) is 12.1 Å². The first-order chi connectivity index (χ1) is 13.1. The van der Waals surface area contributed by atoms with Gasteiger partial charge in [0.05, 0.1) is 12.5 Å². The third-order valence-corrected chi connectivity index (χ3v) is 4.75. The van der Waals surface area contributed by atoms with Crippen LogP contribution < -0.4 is 0 Å². The summed E-state index contributed by atoms with van der Waals surface area (Å²) in [6.45, 7) is 2.59. The summed E-state index contributed by atoms with van der Waals surface area (Å²) in [7, 11) is 0. The molecule has 3 aromatic rings. The number of hydrogen-bond acceptors (Lipinski definition) is 4. The van der Waals surface area contributed by atoms with Crippen LogP contribution >= 0.6 is 0 Å². The van der Waals surface area contributed by atoms with E-state index in [2.05, 4.69) is 19.9 Å². The molecule has 1 fully saturated rings. The molecule has 0 saturated carbocycles. The Balaban J connectivity index is 1.57. The van der Waals surface area contributed by atoms with Crippen LogP contribution in [0.15, 0.2) is 42.7 Å². The Kier molecular flexibility index (Phi) is 4.66. The van der Waals surface area contributed by atoms with Crippen LogP contribution in [0, 0.1) is 12.7 Å². The van der Waals surface area contributed by atoms with E-state index < -0.39 is 0 Å². The largest absolute Gasteiger partial charge is 0.343 e. The minimum atomic E-state index is -0.302. The number of likely N-dealkylation sites (tertiary alicyclic amines) is 1. The van der Waals surface area contributed by atoms with Gasteiger partial charge in [-0.15, -0.1) is 0 Å². The molecule has 1 amide bonds. The van der Waals surface area contributed by atoms with Gasteiger partial charge in [0, 0.05) is 24.6 Å². The van der Waals surface area contributed by atoms with Gasteiger partial charge >= 0.3 is 0 Å². The van der Waals surface area contributed by atoms with Gasteiger partial charge in [0.2, 0.25) is 5.91 Å². The number of carbonyl (C=O) groups excluding carboxylic acids is 1. The van der Waals surface area contributed by atoms with Crippen molar-refractivity contribution in [3.05, 3.63) is 65.6 Å². The number of rotatable bonds is 4. The molecular weight excluding hydrogens is 345 g/mol. The van der Waals surface area contributed by atoms with Gasteiger partial charge in [-0.3, -0.25) is 4.79 Å². The van der Waals surface area contributed by atoms with Gasteiger partial charge in [0.15, 0.2) is 11.6 Å². The Labute approximate surface area is 156 Å². The topological polar surface area (TPSA) is 74.8 Å². The number of nitrogens with one attached hydrogen (secondary N) is 1. The third kappa shape index (κ3) is 3.72. The molecule has 1 atom stereocenters. The zero-order valence-electron chi connectivity index (χ0n) is 15.0. The standard InChI is InChI=1S/C20H20FN5O/c1-13-11-16(19-22-8-9-23-19)25-20(24-13)17-3-2-10-26(17)18(27)12-14-4-6-15(21)7-5-14/h4-9,11,17H,2-3,10,12H2,1H3,(H,22,23)/t17-/m0/s1. The summed E-state index contributed by atoms with van der Waals surface area (Å²) in [5, 5.41) is 0. The van der Waals surface area contributed by atoms with E-state index >= 15 is 0 Å². The van der Waals surface area contributed by atoms with Crippen molar-refractivity contribution in [2.75, 3.05) is 6.54 Å². The van der Waals surface area contributed by atoms with E-state index in [4.69, 9.17) is 0 Å². The number of aryl methyl sites for hydroxylation is 1. The fourth-order valence-corrected chi connectivity index (χ4v) is 3.48. The number of benzene rings is 1. The molecule has 0 radical (unpaired) electrons. The zero-order chi connectivity index (χ0) is 18.8. The summed E-state index contributed by atoms with van der Waals surface area (Å²) in [6.07, 6.45) is 5.41. The first-order valence-corrected chi connectivity index (χ1v) is 8.99. The lowest BCUT2D eigenvalue weighted by molar-refractivity contribution is -0.131. The molecule has 3 heterocycles. The molecule has 7 heteroatoms. The molecular formula is C20H20FN5O. The summed E-state index contributed by atoms with van der Waals surface area (Å²) < 4.78 is 13.1. The van der Waals surface area contributed by atoms with Crippen LogP contribution in [0.1, 0.15) is 36.0 Å². The number of aromatic amines is 1. The van der Waals surface area contributed by atoms with Crippen molar-refractivity contribution in [3.8, 4) is 11.5 Å². The van der Waals surface area contributed by atoms with Crippen LogP contribution in [0.3, 0.4) is 0 Å².